The van der Waals surface area contributed by atoms with E-state index in [1.165, 1.54) is 0 Å². The van der Waals surface area contributed by atoms with Crippen LogP contribution in [-0.2, 0) is 4.79 Å². The van der Waals surface area contributed by atoms with Crippen LogP contribution in [0.15, 0.2) is 48.5 Å². The van der Waals surface area contributed by atoms with E-state index in [9.17, 15) is 14.4 Å². The summed E-state index contributed by atoms with van der Waals surface area (Å²) in [5.74, 6) is 1.07. The molecule has 1 N–H and O–H groups in total. The zero-order valence-corrected chi connectivity index (χ0v) is 17.3. The van der Waals surface area contributed by atoms with Crippen LogP contribution in [0, 0.1) is 5.92 Å². The first-order valence-electron chi connectivity index (χ1n) is 10.7. The van der Waals surface area contributed by atoms with Gasteiger partial charge in [-0.05, 0) is 43.2 Å². The van der Waals surface area contributed by atoms with Crippen LogP contribution in [0.25, 0.3) is 0 Å². The first kappa shape index (κ1) is 20.9. The molecular weight excluding hydrogens is 396 g/mol. The fraction of sp³-hybridized carbons (Fsp3) is 0.375. The molecule has 0 aliphatic carbocycles. The zero-order chi connectivity index (χ0) is 21.6. The van der Waals surface area contributed by atoms with Gasteiger partial charge in [0.05, 0.1) is 0 Å². The van der Waals surface area contributed by atoms with Crippen molar-refractivity contribution in [3.05, 3.63) is 59.7 Å². The number of fused-ring (bicyclic) bond motifs is 1. The second-order valence-electron chi connectivity index (χ2n) is 7.75. The molecule has 2 aliphatic heterocycles. The normalized spacial score (nSPS) is 15.9. The number of nitrogens with zero attached hydrogens (tertiary/aromatic N) is 1. The van der Waals surface area contributed by atoms with Gasteiger partial charge in [0.1, 0.15) is 13.2 Å². The molecule has 0 radical (unpaired) electrons. The van der Waals surface area contributed by atoms with E-state index >= 15 is 0 Å². The minimum atomic E-state index is -0.183. The first-order valence-corrected chi connectivity index (χ1v) is 10.7. The van der Waals surface area contributed by atoms with Gasteiger partial charge in [-0.3, -0.25) is 14.4 Å². The van der Waals surface area contributed by atoms with Crippen LogP contribution in [0.4, 0.5) is 0 Å². The topological polar surface area (TPSA) is 84.9 Å². The molecule has 2 aromatic carbocycles. The number of amides is 2. The van der Waals surface area contributed by atoms with Gasteiger partial charge in [-0.25, -0.2) is 0 Å². The van der Waals surface area contributed by atoms with Gasteiger partial charge >= 0.3 is 0 Å². The third-order valence-electron chi connectivity index (χ3n) is 5.71. The summed E-state index contributed by atoms with van der Waals surface area (Å²) in [4.78, 5) is 39.2. The lowest BCUT2D eigenvalue weighted by Gasteiger charge is -2.31. The molecule has 1 fully saturated rings. The number of piperidine rings is 1. The summed E-state index contributed by atoms with van der Waals surface area (Å²) in [7, 11) is 0. The van der Waals surface area contributed by atoms with Crippen LogP contribution in [0.1, 0.15) is 40.0 Å². The largest absolute Gasteiger partial charge is 0.486 e. The van der Waals surface area contributed by atoms with Crippen molar-refractivity contribution in [2.45, 2.75) is 19.3 Å². The molecule has 1 saturated heterocycles. The molecule has 0 bridgehead atoms. The van der Waals surface area contributed by atoms with E-state index < -0.39 is 0 Å². The summed E-state index contributed by atoms with van der Waals surface area (Å²) < 4.78 is 11.1. The van der Waals surface area contributed by atoms with Crippen molar-refractivity contribution < 1.29 is 23.9 Å². The van der Waals surface area contributed by atoms with Crippen molar-refractivity contribution in [3.63, 3.8) is 0 Å². The lowest BCUT2D eigenvalue weighted by Crippen LogP contribution is -2.41. The Labute approximate surface area is 181 Å². The summed E-state index contributed by atoms with van der Waals surface area (Å²) >= 11 is 0. The van der Waals surface area contributed by atoms with Crippen LogP contribution in [0.3, 0.4) is 0 Å². The van der Waals surface area contributed by atoms with Gasteiger partial charge in [-0.1, -0.05) is 18.2 Å². The molecule has 7 nitrogen and oxygen atoms in total. The molecule has 0 unspecified atom stereocenters. The van der Waals surface area contributed by atoms with E-state index in [-0.39, 0.29) is 29.9 Å². The molecule has 2 aliphatic rings. The van der Waals surface area contributed by atoms with E-state index in [0.29, 0.717) is 68.3 Å². The monoisotopic (exact) mass is 422 g/mol. The Balaban J connectivity index is 1.23. The maximum Gasteiger partial charge on any atom is 0.251 e. The van der Waals surface area contributed by atoms with E-state index in [2.05, 4.69) is 5.32 Å². The second kappa shape index (κ2) is 9.64. The highest BCUT2D eigenvalue weighted by molar-refractivity contribution is 5.98. The minimum absolute atomic E-state index is 0.00131. The fourth-order valence-electron chi connectivity index (χ4n) is 3.96. The van der Waals surface area contributed by atoms with Crippen molar-refractivity contribution in [1.82, 2.24) is 10.2 Å². The number of ketones is 1. The van der Waals surface area contributed by atoms with Crippen molar-refractivity contribution in [3.8, 4) is 11.5 Å². The Morgan fingerprint density at radius 3 is 2.35 bits per heavy atom. The number of hydrogen-bond acceptors (Lipinski definition) is 5. The van der Waals surface area contributed by atoms with Gasteiger partial charge in [0, 0.05) is 43.1 Å². The summed E-state index contributed by atoms with van der Waals surface area (Å²) in [5.41, 5.74) is 1.20. The van der Waals surface area contributed by atoms with Gasteiger partial charge in [-0.15, -0.1) is 0 Å². The van der Waals surface area contributed by atoms with E-state index in [4.69, 9.17) is 9.47 Å². The number of nitrogens with one attached hydrogen (secondary N) is 1. The number of carbonyl (C=O) groups is 3. The third kappa shape index (κ3) is 5.05. The Morgan fingerprint density at radius 1 is 0.903 bits per heavy atom. The highest BCUT2D eigenvalue weighted by Gasteiger charge is 2.28. The molecule has 0 atom stereocenters. The van der Waals surface area contributed by atoms with Crippen molar-refractivity contribution in [2.24, 2.45) is 5.92 Å². The number of hydrogen-bond donors (Lipinski definition) is 1. The summed E-state index contributed by atoms with van der Waals surface area (Å²) in [5, 5.41) is 2.78. The van der Waals surface area contributed by atoms with Crippen molar-refractivity contribution in [2.75, 3.05) is 32.8 Å². The maximum atomic E-state index is 12.9. The molecule has 0 spiro atoms. The standard InChI is InChI=1S/C24H26N2O5/c27-22(8-11-25-24(29)18-4-2-1-3-5-18)26-12-9-17(10-13-26)23(28)19-6-7-20-21(16-19)31-15-14-30-20/h1-7,16-17H,8-15H2,(H,25,29). The molecular formula is C24H26N2O5. The van der Waals surface area contributed by atoms with Gasteiger partial charge in [0.15, 0.2) is 17.3 Å². The molecule has 31 heavy (non-hydrogen) atoms. The number of Topliss-reactive ketones (excluding diaryl/α,β-unsaturated/α-hetero) is 1. The molecule has 2 amide bonds. The molecule has 2 heterocycles. The van der Waals surface area contributed by atoms with Crippen LogP contribution in [-0.4, -0.2) is 55.3 Å². The summed E-state index contributed by atoms with van der Waals surface area (Å²) in [6, 6.07) is 14.2. The molecule has 2 aromatic rings. The Kier molecular flexibility index (Phi) is 6.50. The number of carbonyl (C=O) groups excluding carboxylic acids is 3. The van der Waals surface area contributed by atoms with Crippen LogP contribution in [0.5, 0.6) is 11.5 Å². The summed E-state index contributed by atoms with van der Waals surface area (Å²) in [6.45, 7) is 2.39. The quantitative estimate of drug-likeness (QED) is 0.724. The molecule has 4 rings (SSSR count). The van der Waals surface area contributed by atoms with Gasteiger partial charge in [0.25, 0.3) is 5.91 Å². The molecule has 0 saturated carbocycles. The summed E-state index contributed by atoms with van der Waals surface area (Å²) in [6.07, 6.45) is 1.52. The number of likely N-dealkylation sites (tertiary alicyclic amines) is 1. The van der Waals surface area contributed by atoms with Gasteiger partial charge < -0.3 is 19.7 Å². The SMILES string of the molecule is O=C(NCCC(=O)N1CCC(C(=O)c2ccc3c(c2)OCCO3)CC1)c1ccccc1. The predicted molar refractivity (Wildman–Crippen MR) is 114 cm³/mol. The Bertz CT molecular complexity index is 952. The molecule has 7 heteroatoms. The lowest BCUT2D eigenvalue weighted by molar-refractivity contribution is -0.132. The fourth-order valence-corrected chi connectivity index (χ4v) is 3.96. The van der Waals surface area contributed by atoms with E-state index in [1.807, 2.05) is 6.07 Å². The number of ether oxygens (including phenoxy) is 2. The second-order valence-corrected chi connectivity index (χ2v) is 7.75. The van der Waals surface area contributed by atoms with Crippen molar-refractivity contribution >= 4 is 17.6 Å². The minimum Gasteiger partial charge on any atom is -0.486 e. The van der Waals surface area contributed by atoms with Crippen LogP contribution >= 0.6 is 0 Å². The molecule has 162 valence electrons. The predicted octanol–water partition coefficient (Wildman–Crippen LogP) is 2.70. The average molecular weight is 422 g/mol. The smallest absolute Gasteiger partial charge is 0.251 e. The highest BCUT2D eigenvalue weighted by atomic mass is 16.6. The van der Waals surface area contributed by atoms with E-state index in [0.717, 1.165) is 0 Å². The maximum absolute atomic E-state index is 12.9. The Hall–Kier alpha value is -3.35. The third-order valence-corrected chi connectivity index (χ3v) is 5.71. The Morgan fingerprint density at radius 2 is 1.61 bits per heavy atom. The van der Waals surface area contributed by atoms with Crippen LogP contribution in [0.2, 0.25) is 0 Å². The average Bonchev–Trinajstić information content (AvgIpc) is 2.83. The number of rotatable bonds is 6. The van der Waals surface area contributed by atoms with Crippen LogP contribution < -0.4 is 14.8 Å². The van der Waals surface area contributed by atoms with Gasteiger partial charge in [-0.2, -0.15) is 0 Å². The first-order chi connectivity index (χ1) is 15.1. The molecule has 0 aromatic heterocycles. The van der Waals surface area contributed by atoms with Gasteiger partial charge in [0.2, 0.25) is 5.91 Å². The zero-order valence-electron chi connectivity index (χ0n) is 17.3. The number of benzene rings is 2. The van der Waals surface area contributed by atoms with Crippen molar-refractivity contribution in [1.29, 1.82) is 0 Å². The van der Waals surface area contributed by atoms with E-state index in [1.54, 1.807) is 47.4 Å². The highest BCUT2D eigenvalue weighted by Crippen LogP contribution is 2.32. The lowest BCUT2D eigenvalue weighted by atomic mass is 9.88.